The van der Waals surface area contributed by atoms with E-state index in [1.165, 1.54) is 0 Å². The Bertz CT molecular complexity index is 329. The molecule has 5 heteroatoms. The number of aliphatic hydroxyl groups is 1. The van der Waals surface area contributed by atoms with E-state index in [1.54, 1.807) is 0 Å². The van der Waals surface area contributed by atoms with E-state index in [2.05, 4.69) is 6.92 Å². The van der Waals surface area contributed by atoms with Crippen molar-refractivity contribution in [2.45, 2.75) is 76.5 Å². The SMILES string of the molecule is CCCCOC1CCC(C2CCC(CO)C(F)C2F)CC1F. The van der Waals surface area contributed by atoms with Gasteiger partial charge in [-0.1, -0.05) is 13.3 Å². The van der Waals surface area contributed by atoms with Gasteiger partial charge in [-0.25, -0.2) is 13.2 Å². The van der Waals surface area contributed by atoms with Gasteiger partial charge in [-0.15, -0.1) is 0 Å². The summed E-state index contributed by atoms with van der Waals surface area (Å²) in [5, 5.41) is 9.07. The highest BCUT2D eigenvalue weighted by atomic mass is 19.2. The van der Waals surface area contributed by atoms with Crippen molar-refractivity contribution in [3.05, 3.63) is 0 Å². The molecule has 130 valence electrons. The van der Waals surface area contributed by atoms with Crippen LogP contribution in [0, 0.1) is 17.8 Å². The Kier molecular flexibility index (Phi) is 7.00. The number of rotatable bonds is 6. The van der Waals surface area contributed by atoms with Gasteiger partial charge in [0.2, 0.25) is 0 Å². The van der Waals surface area contributed by atoms with E-state index >= 15 is 0 Å². The minimum Gasteiger partial charge on any atom is -0.396 e. The van der Waals surface area contributed by atoms with Gasteiger partial charge in [0.15, 0.2) is 0 Å². The zero-order valence-corrected chi connectivity index (χ0v) is 13.4. The van der Waals surface area contributed by atoms with Crippen LogP contribution in [0.3, 0.4) is 0 Å². The predicted octanol–water partition coefficient (Wildman–Crippen LogP) is 4.00. The Morgan fingerprint density at radius 3 is 2.45 bits per heavy atom. The zero-order chi connectivity index (χ0) is 16.1. The normalized spacial score (nSPS) is 43.2. The van der Waals surface area contributed by atoms with Crippen LogP contribution in [-0.4, -0.2) is 42.9 Å². The summed E-state index contributed by atoms with van der Waals surface area (Å²) in [6.07, 6.45) is -0.0715. The van der Waals surface area contributed by atoms with E-state index in [0.29, 0.717) is 32.3 Å². The Morgan fingerprint density at radius 1 is 1.05 bits per heavy atom. The van der Waals surface area contributed by atoms with Crippen LogP contribution >= 0.6 is 0 Å². The lowest BCUT2D eigenvalue weighted by Crippen LogP contribution is -2.45. The molecule has 2 fully saturated rings. The molecular formula is C17H29F3O2. The fourth-order valence-electron chi connectivity index (χ4n) is 3.98. The van der Waals surface area contributed by atoms with Gasteiger partial charge in [-0.2, -0.15) is 0 Å². The summed E-state index contributed by atoms with van der Waals surface area (Å²) < 4.78 is 48.1. The molecule has 0 bridgehead atoms. The Hall–Kier alpha value is -0.290. The molecular weight excluding hydrogens is 293 g/mol. The molecule has 0 aromatic heterocycles. The van der Waals surface area contributed by atoms with E-state index in [-0.39, 0.29) is 25.0 Å². The van der Waals surface area contributed by atoms with Crippen molar-refractivity contribution in [2.75, 3.05) is 13.2 Å². The summed E-state index contributed by atoms with van der Waals surface area (Å²) >= 11 is 0. The summed E-state index contributed by atoms with van der Waals surface area (Å²) in [6, 6.07) is 0. The molecule has 2 nitrogen and oxygen atoms in total. The first-order valence-electron chi connectivity index (χ1n) is 8.73. The van der Waals surface area contributed by atoms with Crippen molar-refractivity contribution in [2.24, 2.45) is 17.8 Å². The van der Waals surface area contributed by atoms with Gasteiger partial charge in [-0.05, 0) is 50.4 Å². The van der Waals surface area contributed by atoms with Crippen molar-refractivity contribution in [1.82, 2.24) is 0 Å². The monoisotopic (exact) mass is 322 g/mol. The van der Waals surface area contributed by atoms with Gasteiger partial charge in [0, 0.05) is 19.1 Å². The molecule has 2 rings (SSSR count). The van der Waals surface area contributed by atoms with Gasteiger partial charge in [-0.3, -0.25) is 0 Å². The maximum Gasteiger partial charge on any atom is 0.136 e. The fraction of sp³-hybridized carbons (Fsp3) is 1.00. The summed E-state index contributed by atoms with van der Waals surface area (Å²) in [4.78, 5) is 0. The number of hydrogen-bond acceptors (Lipinski definition) is 2. The van der Waals surface area contributed by atoms with Crippen LogP contribution in [0.2, 0.25) is 0 Å². The molecule has 2 aliphatic rings. The quantitative estimate of drug-likeness (QED) is 0.749. The lowest BCUT2D eigenvalue weighted by Gasteiger charge is -2.41. The summed E-state index contributed by atoms with van der Waals surface area (Å²) in [5.74, 6) is -1.11. The van der Waals surface area contributed by atoms with Crippen molar-refractivity contribution in [3.63, 3.8) is 0 Å². The van der Waals surface area contributed by atoms with Crippen molar-refractivity contribution < 1.29 is 23.0 Å². The summed E-state index contributed by atoms with van der Waals surface area (Å²) in [5.41, 5.74) is 0. The number of alkyl halides is 3. The minimum atomic E-state index is -1.61. The third kappa shape index (κ3) is 4.16. The van der Waals surface area contributed by atoms with Crippen LogP contribution in [0.1, 0.15) is 51.9 Å². The molecule has 0 spiro atoms. The molecule has 22 heavy (non-hydrogen) atoms. The van der Waals surface area contributed by atoms with E-state index < -0.39 is 30.4 Å². The van der Waals surface area contributed by atoms with Crippen LogP contribution < -0.4 is 0 Å². The molecule has 0 aliphatic heterocycles. The van der Waals surface area contributed by atoms with Crippen molar-refractivity contribution in [3.8, 4) is 0 Å². The largest absolute Gasteiger partial charge is 0.396 e. The second-order valence-corrected chi connectivity index (χ2v) is 6.92. The molecule has 0 aromatic rings. The minimum absolute atomic E-state index is 0.103. The lowest BCUT2D eigenvalue weighted by atomic mass is 9.68. The van der Waals surface area contributed by atoms with Gasteiger partial charge in [0.05, 0.1) is 6.10 Å². The van der Waals surface area contributed by atoms with Gasteiger partial charge < -0.3 is 9.84 Å². The topological polar surface area (TPSA) is 29.5 Å². The second kappa shape index (κ2) is 8.53. The zero-order valence-electron chi connectivity index (χ0n) is 13.4. The van der Waals surface area contributed by atoms with E-state index in [0.717, 1.165) is 12.8 Å². The molecule has 0 aromatic carbocycles. The average molecular weight is 322 g/mol. The highest BCUT2D eigenvalue weighted by molar-refractivity contribution is 4.94. The van der Waals surface area contributed by atoms with Gasteiger partial charge >= 0.3 is 0 Å². The molecule has 0 radical (unpaired) electrons. The molecule has 0 saturated heterocycles. The van der Waals surface area contributed by atoms with Crippen LogP contribution in [-0.2, 0) is 4.74 Å². The third-order valence-electron chi connectivity index (χ3n) is 5.46. The van der Waals surface area contributed by atoms with Crippen LogP contribution in [0.4, 0.5) is 13.2 Å². The molecule has 7 unspecified atom stereocenters. The van der Waals surface area contributed by atoms with E-state index in [1.807, 2.05) is 0 Å². The van der Waals surface area contributed by atoms with Gasteiger partial charge in [0.25, 0.3) is 0 Å². The Morgan fingerprint density at radius 2 is 1.82 bits per heavy atom. The number of aliphatic hydroxyl groups excluding tert-OH is 1. The first-order valence-corrected chi connectivity index (χ1v) is 8.73. The van der Waals surface area contributed by atoms with Gasteiger partial charge in [0.1, 0.15) is 18.5 Å². The molecule has 2 saturated carbocycles. The average Bonchev–Trinajstić information content (AvgIpc) is 2.52. The smallest absolute Gasteiger partial charge is 0.136 e. The lowest BCUT2D eigenvalue weighted by molar-refractivity contribution is -0.0695. The van der Waals surface area contributed by atoms with E-state index in [9.17, 15) is 13.2 Å². The van der Waals surface area contributed by atoms with Crippen molar-refractivity contribution in [1.29, 1.82) is 0 Å². The highest BCUT2D eigenvalue weighted by Gasteiger charge is 2.45. The van der Waals surface area contributed by atoms with Crippen molar-refractivity contribution >= 4 is 0 Å². The number of halogens is 3. The number of unbranched alkanes of at least 4 members (excludes halogenated alkanes) is 1. The first-order chi connectivity index (χ1) is 10.6. The molecule has 0 amide bonds. The summed E-state index contributed by atoms with van der Waals surface area (Å²) in [7, 11) is 0. The molecule has 2 aliphatic carbocycles. The van der Waals surface area contributed by atoms with Crippen LogP contribution in [0.15, 0.2) is 0 Å². The molecule has 0 heterocycles. The summed E-state index contributed by atoms with van der Waals surface area (Å²) in [6.45, 7) is 2.33. The fourth-order valence-corrected chi connectivity index (χ4v) is 3.98. The highest BCUT2D eigenvalue weighted by Crippen LogP contribution is 2.43. The van der Waals surface area contributed by atoms with Crippen LogP contribution in [0.25, 0.3) is 0 Å². The third-order valence-corrected chi connectivity index (χ3v) is 5.46. The van der Waals surface area contributed by atoms with Crippen LogP contribution in [0.5, 0.6) is 0 Å². The molecule has 7 atom stereocenters. The molecule has 1 N–H and O–H groups in total. The standard InChI is InChI=1S/C17H29F3O2/c1-2-3-8-22-15-7-5-11(9-14(15)18)13-6-4-12(10-21)16(19)17(13)20/h11-17,21H,2-10H2,1H3. The Labute approximate surface area is 131 Å². The maximum atomic E-state index is 14.3. The first kappa shape index (κ1) is 18.1. The second-order valence-electron chi connectivity index (χ2n) is 6.92. The Balaban J connectivity index is 1.85. The number of hydrogen-bond donors (Lipinski definition) is 1. The maximum absolute atomic E-state index is 14.3. The van der Waals surface area contributed by atoms with E-state index in [4.69, 9.17) is 9.84 Å². The predicted molar refractivity (Wildman–Crippen MR) is 80.0 cm³/mol. The number of ether oxygens (including phenoxy) is 1.